The van der Waals surface area contributed by atoms with E-state index in [1.807, 2.05) is 18.2 Å². The van der Waals surface area contributed by atoms with E-state index in [-0.39, 0.29) is 42.2 Å². The van der Waals surface area contributed by atoms with E-state index < -0.39 is 6.04 Å². The fraction of sp³-hybridized carbons (Fsp3) is 0.477. The Morgan fingerprint density at radius 1 is 0.719 bits per heavy atom. The SMILES string of the molecule is N#Cc1ccc(O[C@H]2CC[C@H](N3Cc4cc(N5CCN(CC6CCN(c7ccc8c(c7)CN(C7CCC(=O)NC7=O)C8=O)CC6)CC5)ccc4C3=O)CC2)cc1Cl. The molecular formula is C44H48ClN7O5. The number of piperidine rings is 2. The van der Waals surface area contributed by atoms with E-state index in [1.165, 1.54) is 5.69 Å². The first-order valence-corrected chi connectivity index (χ1v) is 20.9. The Bertz CT molecular complexity index is 2130. The molecule has 12 nitrogen and oxygen atoms in total. The number of nitriles is 1. The van der Waals surface area contributed by atoms with Gasteiger partial charge in [0.25, 0.3) is 11.8 Å². The number of piperazine rings is 1. The van der Waals surface area contributed by atoms with Crippen LogP contribution in [0.2, 0.25) is 5.02 Å². The van der Waals surface area contributed by atoms with Crippen LogP contribution in [0.25, 0.3) is 0 Å². The standard InChI is InChI=1S/C44H48ClN7O5/c45-39-23-36(6-1-29(39)24-46)57-35-7-2-32(3-8-35)51-26-30-21-34(5-9-37(30)43(51)55)50-19-17-48(18-20-50)25-28-13-15-49(16-14-28)33-4-10-38-31(22-33)27-52(44(38)56)40-11-12-41(53)47-42(40)54/h1,4-6,9-10,21-23,28,32,35,40H,2-3,7-8,11-20,25-27H2,(H,47,53,54)/t32-,35-,40?. The van der Waals surface area contributed by atoms with E-state index in [0.29, 0.717) is 47.3 Å². The topological polar surface area (TPSA) is 130 Å². The van der Waals surface area contributed by atoms with Crippen LogP contribution < -0.4 is 19.9 Å². The highest BCUT2D eigenvalue weighted by Gasteiger charge is 2.40. The molecule has 296 valence electrons. The summed E-state index contributed by atoms with van der Waals surface area (Å²) in [4.78, 5) is 61.9. The average molecular weight is 790 g/mol. The lowest BCUT2D eigenvalue weighted by Crippen LogP contribution is -2.52. The summed E-state index contributed by atoms with van der Waals surface area (Å²) < 4.78 is 6.19. The average Bonchev–Trinajstić information content (AvgIpc) is 3.73. The van der Waals surface area contributed by atoms with Crippen LogP contribution in [0.15, 0.2) is 54.6 Å². The van der Waals surface area contributed by atoms with E-state index >= 15 is 0 Å². The molecule has 3 aromatic carbocycles. The van der Waals surface area contributed by atoms with Gasteiger partial charge < -0.3 is 24.3 Å². The molecule has 3 saturated heterocycles. The molecule has 4 amide bonds. The Labute approximate surface area is 338 Å². The van der Waals surface area contributed by atoms with Crippen LogP contribution in [0.4, 0.5) is 11.4 Å². The first-order chi connectivity index (χ1) is 27.7. The maximum absolute atomic E-state index is 13.5. The zero-order chi connectivity index (χ0) is 39.2. The van der Waals surface area contributed by atoms with Crippen molar-refractivity contribution < 1.29 is 23.9 Å². The molecule has 0 radical (unpaired) electrons. The number of anilines is 2. The summed E-state index contributed by atoms with van der Waals surface area (Å²) in [6.45, 7) is 8.08. The Morgan fingerprint density at radius 2 is 1.35 bits per heavy atom. The number of rotatable bonds is 8. The van der Waals surface area contributed by atoms with Gasteiger partial charge in [0.15, 0.2) is 0 Å². The summed E-state index contributed by atoms with van der Waals surface area (Å²) in [6.07, 6.45) is 6.45. The highest BCUT2D eigenvalue weighted by molar-refractivity contribution is 6.31. The first kappa shape index (κ1) is 37.5. The van der Waals surface area contributed by atoms with E-state index in [1.54, 1.807) is 23.1 Å². The molecule has 0 spiro atoms. The van der Waals surface area contributed by atoms with Gasteiger partial charge in [-0.15, -0.1) is 0 Å². The Kier molecular flexibility index (Phi) is 10.3. The van der Waals surface area contributed by atoms with Crippen molar-refractivity contribution in [2.24, 2.45) is 5.92 Å². The summed E-state index contributed by atoms with van der Waals surface area (Å²) in [5.74, 6) is 0.670. The van der Waals surface area contributed by atoms with Crippen molar-refractivity contribution in [3.8, 4) is 11.8 Å². The Balaban J connectivity index is 0.722. The minimum absolute atomic E-state index is 0.0656. The molecule has 4 fully saturated rings. The van der Waals surface area contributed by atoms with Gasteiger partial charge in [0, 0.05) is 99.9 Å². The van der Waals surface area contributed by atoms with Crippen LogP contribution in [0.3, 0.4) is 0 Å². The number of benzene rings is 3. The van der Waals surface area contributed by atoms with E-state index in [0.717, 1.165) is 107 Å². The van der Waals surface area contributed by atoms with E-state index in [2.05, 4.69) is 49.2 Å². The smallest absolute Gasteiger partial charge is 0.255 e. The third-order valence-electron chi connectivity index (χ3n) is 13.1. The maximum atomic E-state index is 13.5. The van der Waals surface area contributed by atoms with Crippen molar-refractivity contribution in [1.29, 1.82) is 5.26 Å². The number of hydrogen-bond acceptors (Lipinski definition) is 9. The predicted molar refractivity (Wildman–Crippen MR) is 215 cm³/mol. The van der Waals surface area contributed by atoms with Gasteiger partial charge in [-0.2, -0.15) is 5.26 Å². The fourth-order valence-electron chi connectivity index (χ4n) is 9.83. The molecule has 13 heteroatoms. The zero-order valence-corrected chi connectivity index (χ0v) is 32.9. The van der Waals surface area contributed by atoms with Gasteiger partial charge in [-0.1, -0.05) is 11.6 Å². The molecule has 5 heterocycles. The van der Waals surface area contributed by atoms with Crippen LogP contribution in [0, 0.1) is 17.2 Å². The molecule has 1 N–H and O–H groups in total. The lowest BCUT2D eigenvalue weighted by molar-refractivity contribution is -0.136. The predicted octanol–water partition coefficient (Wildman–Crippen LogP) is 5.36. The molecule has 5 aliphatic heterocycles. The number of hydrogen-bond donors (Lipinski definition) is 1. The van der Waals surface area contributed by atoms with E-state index in [9.17, 15) is 19.2 Å². The van der Waals surface area contributed by atoms with Crippen LogP contribution in [-0.2, 0) is 22.7 Å². The molecule has 57 heavy (non-hydrogen) atoms. The first-order valence-electron chi connectivity index (χ1n) is 20.5. The molecule has 1 aliphatic carbocycles. The minimum Gasteiger partial charge on any atom is -0.490 e. The van der Waals surface area contributed by atoms with Gasteiger partial charge >= 0.3 is 0 Å². The fourth-order valence-corrected chi connectivity index (χ4v) is 10.0. The second-order valence-corrected chi connectivity index (χ2v) is 16.9. The van der Waals surface area contributed by atoms with Gasteiger partial charge in [0.1, 0.15) is 17.9 Å². The van der Waals surface area contributed by atoms with Crippen molar-refractivity contribution >= 4 is 46.6 Å². The number of carbonyl (C=O) groups excluding carboxylic acids is 4. The third kappa shape index (κ3) is 7.55. The zero-order valence-electron chi connectivity index (χ0n) is 32.1. The quantitative estimate of drug-likeness (QED) is 0.300. The Morgan fingerprint density at radius 3 is 1.98 bits per heavy atom. The van der Waals surface area contributed by atoms with Crippen molar-refractivity contribution in [2.45, 2.75) is 82.6 Å². The van der Waals surface area contributed by atoms with Gasteiger partial charge in [0.05, 0.1) is 16.7 Å². The lowest BCUT2D eigenvalue weighted by Gasteiger charge is -2.40. The summed E-state index contributed by atoms with van der Waals surface area (Å²) in [6, 6.07) is 19.3. The number of amides is 4. The number of ether oxygens (including phenoxy) is 1. The van der Waals surface area contributed by atoms with Crippen LogP contribution in [0.1, 0.15) is 88.8 Å². The molecule has 0 aromatic heterocycles. The minimum atomic E-state index is -0.596. The summed E-state index contributed by atoms with van der Waals surface area (Å²) in [5, 5.41) is 11.9. The largest absolute Gasteiger partial charge is 0.490 e. The number of imide groups is 1. The maximum Gasteiger partial charge on any atom is 0.255 e. The summed E-state index contributed by atoms with van der Waals surface area (Å²) >= 11 is 6.20. The molecule has 1 saturated carbocycles. The number of nitrogens with zero attached hydrogens (tertiary/aromatic N) is 6. The molecular weight excluding hydrogens is 742 g/mol. The molecule has 6 aliphatic rings. The molecule has 1 unspecified atom stereocenters. The van der Waals surface area contributed by atoms with Gasteiger partial charge in [-0.3, -0.25) is 29.4 Å². The highest BCUT2D eigenvalue weighted by Crippen LogP contribution is 2.36. The van der Waals surface area contributed by atoms with Crippen molar-refractivity contribution in [2.75, 3.05) is 55.6 Å². The van der Waals surface area contributed by atoms with Crippen molar-refractivity contribution in [1.82, 2.24) is 20.0 Å². The van der Waals surface area contributed by atoms with E-state index in [4.69, 9.17) is 21.6 Å². The molecule has 0 bridgehead atoms. The molecule has 9 rings (SSSR count). The summed E-state index contributed by atoms with van der Waals surface area (Å²) in [7, 11) is 0. The second-order valence-electron chi connectivity index (χ2n) is 16.5. The van der Waals surface area contributed by atoms with Gasteiger partial charge in [-0.05, 0) is 111 Å². The lowest BCUT2D eigenvalue weighted by atomic mass is 9.92. The molecule has 3 aromatic rings. The van der Waals surface area contributed by atoms with Gasteiger partial charge in [-0.25, -0.2) is 0 Å². The number of fused-ring (bicyclic) bond motifs is 2. The summed E-state index contributed by atoms with van der Waals surface area (Å²) in [5.41, 5.74) is 6.33. The van der Waals surface area contributed by atoms with Crippen LogP contribution in [-0.4, -0.2) is 102 Å². The number of carbonyl (C=O) groups is 4. The normalized spacial score (nSPS) is 24.4. The number of nitrogens with one attached hydrogen (secondary N) is 1. The Hall–Kier alpha value is -5.12. The third-order valence-corrected chi connectivity index (χ3v) is 13.4. The second kappa shape index (κ2) is 15.7. The van der Waals surface area contributed by atoms with Gasteiger partial charge in [0.2, 0.25) is 11.8 Å². The van der Waals surface area contributed by atoms with Crippen LogP contribution in [0.5, 0.6) is 5.75 Å². The van der Waals surface area contributed by atoms with Crippen molar-refractivity contribution in [3.63, 3.8) is 0 Å². The van der Waals surface area contributed by atoms with Crippen LogP contribution >= 0.6 is 11.6 Å². The monoisotopic (exact) mass is 789 g/mol. The van der Waals surface area contributed by atoms with Crippen molar-refractivity contribution in [3.05, 3.63) is 87.4 Å². The molecule has 1 atom stereocenters. The number of halogens is 1. The highest BCUT2D eigenvalue weighted by atomic mass is 35.5.